The fraction of sp³-hybridized carbons (Fsp3) is 0.286. The average Bonchev–Trinajstić information content (AvgIpc) is 1.14. The van der Waals surface area contributed by atoms with Gasteiger partial charge >= 0.3 is 32.7 Å². The molecule has 0 saturated carbocycles. The lowest BCUT2D eigenvalue weighted by Gasteiger charge is -2.40. The topological polar surface area (TPSA) is 316 Å². The Morgan fingerprint density at radius 1 is 0.392 bits per heavy atom. The van der Waals surface area contributed by atoms with E-state index < -0.39 is 36.5 Å². The van der Waals surface area contributed by atoms with Crippen molar-refractivity contribution in [3.8, 4) is 46.0 Å². The molecule has 0 spiro atoms. The van der Waals surface area contributed by atoms with Crippen molar-refractivity contribution in [2.75, 3.05) is 20.0 Å². The Morgan fingerprint density at radius 2 is 0.833 bits per heavy atom. The van der Waals surface area contributed by atoms with Crippen molar-refractivity contribution in [1.82, 2.24) is 0 Å². The summed E-state index contributed by atoms with van der Waals surface area (Å²) in [5.74, 6) is 4.93. The van der Waals surface area contributed by atoms with Crippen LogP contribution in [0.5, 0.6) is 46.0 Å². The molecule has 0 fully saturated rings. The smallest absolute Gasteiger partial charge is 0.492 e. The van der Waals surface area contributed by atoms with Gasteiger partial charge in [0.2, 0.25) is 12.6 Å². The van der Waals surface area contributed by atoms with Crippen molar-refractivity contribution >= 4 is 32.2 Å². The zero-order valence-electron chi connectivity index (χ0n) is 55.8. The molecule has 16 N–H and O–H groups in total. The van der Waals surface area contributed by atoms with Gasteiger partial charge in [0.15, 0.2) is 29.6 Å². The Balaban J connectivity index is 0.000000163. The molecule has 0 bridgehead atoms. The van der Waals surface area contributed by atoms with E-state index in [1.54, 1.807) is 24.3 Å². The molecular formula is C70H80F12N8O10S2. The second-order valence-electron chi connectivity index (χ2n) is 24.6. The van der Waals surface area contributed by atoms with Crippen molar-refractivity contribution < 1.29 is 95.1 Å². The minimum atomic E-state index is -9.54. The van der Waals surface area contributed by atoms with Gasteiger partial charge in [0.25, 0.3) is 0 Å². The number of hydrogen-bond acceptors (Lipinski definition) is 18. The molecule has 0 amide bonds. The van der Waals surface area contributed by atoms with Crippen LogP contribution in [-0.4, -0.2) is 43.7 Å². The molecule has 8 aromatic carbocycles. The van der Waals surface area contributed by atoms with E-state index in [0.29, 0.717) is 92.8 Å². The van der Waals surface area contributed by atoms with Gasteiger partial charge in [-0.25, -0.2) is 0 Å². The van der Waals surface area contributed by atoms with E-state index in [0.717, 1.165) is 82.0 Å². The predicted octanol–water partition coefficient (Wildman–Crippen LogP) is 14.9. The number of halogens is 12. The molecule has 0 atom stereocenters. The molecule has 14 rings (SSSR count). The third-order valence-electron chi connectivity index (χ3n) is 15.4. The van der Waals surface area contributed by atoms with Crippen molar-refractivity contribution in [3.05, 3.63) is 224 Å². The minimum absolute atomic E-state index is 0.0145. The Morgan fingerprint density at radius 3 is 1.39 bits per heavy atom. The standard InChI is InChI=1S/2C11H15NO.2C9H9NO2.C8H7F2NO2.C8H9NO2.2C7H8F5NS/c1-11(2)6-9-5-8(7-12)3-4-10(9)13-11;1-11(2)7-13-10-4-3-8(6-12)5-9(10)11;10-5-6-1-2-8-7(3-6)4-9(11)12-8;10-4-6-1-2-9-7(3-6)8(11)5-12-9;9-8(10)12-6-2-1-5(4-11)3-7(6)13-8;9-4-6-1-2-7-8(3-6)11-5-10-7;8-14(9,10,11,12)7-3-1-6(5-13)2-4-7;8-14(9,10,11,12)7-3-1-2-6(4-7)5-13/h2*3-5H,6-7,12H2,1-2H3;2*1-3H,4-5,10H2;1-3H,4,11H2;1-3H,4-5,9H2;2*1-4H,5,13H2. The molecule has 102 heavy (non-hydrogen) atoms. The summed E-state index contributed by atoms with van der Waals surface area (Å²) in [7, 11) is -19.0. The van der Waals surface area contributed by atoms with E-state index in [9.17, 15) is 57.2 Å². The van der Waals surface area contributed by atoms with E-state index in [1.165, 1.54) is 40.5 Å². The van der Waals surface area contributed by atoms with Gasteiger partial charge in [0.1, 0.15) is 38.4 Å². The Labute approximate surface area is 581 Å². The number of carbonyl (C=O) groups is 2. The lowest BCUT2D eigenvalue weighted by Crippen LogP contribution is -2.25. The van der Waals surface area contributed by atoms with Gasteiger partial charge in [-0.3, -0.25) is 9.59 Å². The molecule has 8 aromatic rings. The number of esters is 1. The van der Waals surface area contributed by atoms with Gasteiger partial charge in [0, 0.05) is 75.3 Å². The number of carbonyl (C=O) groups excluding carboxylic acids is 2. The largest absolute Gasteiger partial charge is 0.586 e. The van der Waals surface area contributed by atoms with Gasteiger partial charge in [0.05, 0.1) is 18.6 Å². The number of ether oxygens (including phenoxy) is 8. The quantitative estimate of drug-likeness (QED) is 0.0358. The number of rotatable bonds is 10. The summed E-state index contributed by atoms with van der Waals surface area (Å²) in [5.41, 5.74) is 53.8. The van der Waals surface area contributed by atoms with Gasteiger partial charge in [-0.2, -0.15) is 0 Å². The summed E-state index contributed by atoms with van der Waals surface area (Å²) in [6.45, 7) is 12.7. The zero-order chi connectivity index (χ0) is 75.4. The molecule has 6 heterocycles. The fourth-order valence-corrected chi connectivity index (χ4v) is 11.4. The SMILES string of the molecule is CC1(C)COc2ccc(CN)cc21.CC1(C)Cc2cc(CN)ccc2O1.NCc1ccc(S(F)(F)(F)(F)F)cc1.NCc1ccc2c(c1)C(=O)CO2.NCc1ccc2c(c1)CC(=O)O2.NCc1ccc2c(c1)OC(F)(F)O2.NCc1ccc2c(c1)OCO2.NCc1cccc(S(F)(F)(F)(F)F)c1. The predicted molar refractivity (Wildman–Crippen MR) is 366 cm³/mol. The molecule has 32 heteroatoms. The lowest BCUT2D eigenvalue weighted by atomic mass is 9.86. The molecule has 0 aromatic heterocycles. The van der Waals surface area contributed by atoms with Gasteiger partial charge in [-0.15, -0.1) is 8.78 Å². The molecule has 0 aliphatic carbocycles. The summed E-state index contributed by atoms with van der Waals surface area (Å²) in [5, 5.41) is 0. The van der Waals surface area contributed by atoms with E-state index in [1.807, 2.05) is 60.7 Å². The molecule has 0 unspecified atom stereocenters. The molecule has 0 saturated heterocycles. The number of fused-ring (bicyclic) bond motifs is 6. The first-order valence-corrected chi connectivity index (χ1v) is 35.0. The van der Waals surface area contributed by atoms with Crippen LogP contribution in [0.3, 0.4) is 0 Å². The van der Waals surface area contributed by atoms with Crippen LogP contribution in [0.25, 0.3) is 0 Å². The molecule has 6 aliphatic heterocycles. The molecule has 556 valence electrons. The molecular weight excluding hydrogens is 1400 g/mol. The summed E-state index contributed by atoms with van der Waals surface area (Å²) in [6.07, 6.45) is -2.19. The number of ketones is 1. The van der Waals surface area contributed by atoms with Crippen LogP contribution in [-0.2, 0) is 75.4 Å². The molecule has 6 aliphatic rings. The second kappa shape index (κ2) is 30.5. The maximum Gasteiger partial charge on any atom is 0.586 e. The maximum absolute atomic E-state index is 12.5. The van der Waals surface area contributed by atoms with Crippen molar-refractivity contribution in [2.45, 2.75) is 120 Å². The highest BCUT2D eigenvalue weighted by atomic mass is 32.5. The van der Waals surface area contributed by atoms with Crippen LogP contribution in [0.4, 0.5) is 47.6 Å². The first-order valence-electron chi connectivity index (χ1n) is 31.1. The number of alkyl halides is 2. The minimum Gasteiger partial charge on any atom is -0.492 e. The lowest BCUT2D eigenvalue weighted by molar-refractivity contribution is -0.286. The highest BCUT2D eigenvalue weighted by molar-refractivity contribution is 8.46. The highest BCUT2D eigenvalue weighted by Crippen LogP contribution is 3.02. The first kappa shape index (κ1) is 80.4. The number of benzene rings is 8. The third-order valence-corrected chi connectivity index (χ3v) is 17.7. The molecule has 18 nitrogen and oxygen atoms in total. The number of hydrogen-bond donors (Lipinski definition) is 8. The van der Waals surface area contributed by atoms with E-state index in [4.69, 9.17) is 74.3 Å². The van der Waals surface area contributed by atoms with Crippen LogP contribution in [0.1, 0.15) is 99.3 Å². The van der Waals surface area contributed by atoms with Crippen LogP contribution >= 0.6 is 20.4 Å². The Kier molecular flexibility index (Phi) is 24.1. The highest BCUT2D eigenvalue weighted by Gasteiger charge is 2.66. The van der Waals surface area contributed by atoms with Crippen molar-refractivity contribution in [2.24, 2.45) is 45.9 Å². The fourth-order valence-electron chi connectivity index (χ4n) is 10.0. The number of nitrogens with two attached hydrogens (primary N) is 8. The summed E-state index contributed by atoms with van der Waals surface area (Å²) >= 11 is 0. The number of Topliss-reactive ketones (excluding diaryl/α,β-unsaturated/α-hetero) is 1. The zero-order valence-corrected chi connectivity index (χ0v) is 57.4. The van der Waals surface area contributed by atoms with E-state index >= 15 is 0 Å². The second-order valence-corrected chi connectivity index (χ2v) is 29.4. The Bertz CT molecular complexity index is 4230. The average molecular weight is 1490 g/mol. The Hall–Kier alpha value is -8.96. The van der Waals surface area contributed by atoms with Gasteiger partial charge < -0.3 is 83.8 Å². The molecule has 0 radical (unpaired) electrons. The third kappa shape index (κ3) is 22.8. The van der Waals surface area contributed by atoms with Crippen LogP contribution in [0, 0.1) is 0 Å². The van der Waals surface area contributed by atoms with E-state index in [-0.39, 0.29) is 66.1 Å². The van der Waals surface area contributed by atoms with Gasteiger partial charge in [-0.1, -0.05) is 132 Å². The van der Waals surface area contributed by atoms with Crippen LogP contribution in [0.2, 0.25) is 0 Å². The van der Waals surface area contributed by atoms with Crippen LogP contribution < -0.4 is 83.8 Å². The van der Waals surface area contributed by atoms with Crippen molar-refractivity contribution in [3.63, 3.8) is 0 Å². The summed E-state index contributed by atoms with van der Waals surface area (Å²) in [4.78, 5) is 18.2. The normalized spacial score (nSPS) is 16.4. The van der Waals surface area contributed by atoms with Crippen LogP contribution in [0.15, 0.2) is 168 Å². The van der Waals surface area contributed by atoms with Crippen molar-refractivity contribution in [1.29, 1.82) is 0 Å². The van der Waals surface area contributed by atoms with Gasteiger partial charge in [-0.05, 0) is 143 Å². The monoisotopic (exact) mass is 1480 g/mol. The first-order chi connectivity index (χ1) is 47.4. The summed E-state index contributed by atoms with van der Waals surface area (Å²) < 4.78 is 187. The maximum atomic E-state index is 12.5. The van der Waals surface area contributed by atoms with E-state index in [2.05, 4.69) is 49.3 Å². The summed E-state index contributed by atoms with van der Waals surface area (Å²) in [6, 6.07) is 39.1.